The number of nitrogens with zero attached hydrogens (tertiary/aromatic N) is 2. The number of alkyl halides is 2. The number of nitrogens with one attached hydrogen (secondary N) is 1. The molecule has 0 saturated carbocycles. The van der Waals surface area contributed by atoms with E-state index in [1.165, 1.54) is 4.57 Å². The number of amides is 1. The van der Waals surface area contributed by atoms with Crippen LogP contribution in [0, 0.1) is 13.8 Å². The normalized spacial score (nSPS) is 11.2. The molecule has 0 atom stereocenters. The van der Waals surface area contributed by atoms with Crippen molar-refractivity contribution in [1.82, 2.24) is 9.55 Å². The molecule has 0 unspecified atom stereocenters. The fraction of sp³-hybridized carbons (Fsp3) is 0.222. The average Bonchev–Trinajstić information content (AvgIpc) is 2.89. The van der Waals surface area contributed by atoms with E-state index in [0.29, 0.717) is 22.8 Å². The van der Waals surface area contributed by atoms with Crippen LogP contribution in [0.5, 0.6) is 0 Å². The molecule has 0 aliphatic heterocycles. The maximum Gasteiger partial charge on any atom is 0.291 e. The van der Waals surface area contributed by atoms with Crippen LogP contribution in [0.1, 0.15) is 11.1 Å². The van der Waals surface area contributed by atoms with Gasteiger partial charge in [-0.3, -0.25) is 4.79 Å². The summed E-state index contributed by atoms with van der Waals surface area (Å²) in [7, 11) is 0. The van der Waals surface area contributed by atoms with E-state index in [9.17, 15) is 13.6 Å². The summed E-state index contributed by atoms with van der Waals surface area (Å²) in [6.07, 6.45) is 0. The third-order valence-corrected chi connectivity index (χ3v) is 4.70. The highest BCUT2D eigenvalue weighted by Gasteiger charge is 2.18. The van der Waals surface area contributed by atoms with Gasteiger partial charge in [-0.1, -0.05) is 24.3 Å². The van der Waals surface area contributed by atoms with Gasteiger partial charge >= 0.3 is 0 Å². The minimum absolute atomic E-state index is 0.0804. The van der Waals surface area contributed by atoms with Crippen LogP contribution in [0.3, 0.4) is 0 Å². The molecule has 0 fully saturated rings. The predicted octanol–water partition coefficient (Wildman–Crippen LogP) is 4.61. The van der Waals surface area contributed by atoms with Gasteiger partial charge < -0.3 is 9.88 Å². The fourth-order valence-electron chi connectivity index (χ4n) is 2.60. The summed E-state index contributed by atoms with van der Waals surface area (Å²) in [5.74, 6) is -2.88. The first kappa shape index (κ1) is 17.4. The second-order valence-corrected chi connectivity index (χ2v) is 6.60. The van der Waals surface area contributed by atoms with Gasteiger partial charge in [-0.15, -0.1) is 0 Å². The van der Waals surface area contributed by atoms with Crippen molar-refractivity contribution in [2.75, 3.05) is 5.32 Å². The van der Waals surface area contributed by atoms with Gasteiger partial charge in [0.1, 0.15) is 6.54 Å². The molecule has 3 rings (SSSR count). The zero-order valence-electron chi connectivity index (χ0n) is 13.8. The molecule has 7 heteroatoms. The minimum atomic E-state index is -2.60. The van der Waals surface area contributed by atoms with Gasteiger partial charge in [0.15, 0.2) is 5.16 Å². The first-order chi connectivity index (χ1) is 12.0. The van der Waals surface area contributed by atoms with E-state index in [0.717, 1.165) is 16.8 Å². The van der Waals surface area contributed by atoms with Crippen LogP contribution in [0.25, 0.3) is 11.0 Å². The minimum Gasteiger partial charge on any atom is -0.324 e. The smallest absolute Gasteiger partial charge is 0.291 e. The highest BCUT2D eigenvalue weighted by atomic mass is 32.2. The van der Waals surface area contributed by atoms with Crippen molar-refractivity contribution in [3.8, 4) is 0 Å². The first-order valence-electron chi connectivity index (χ1n) is 7.72. The second kappa shape index (κ2) is 7.23. The molecule has 2 aromatic carbocycles. The number of aromatic nitrogens is 2. The molecule has 130 valence electrons. The number of imidazole rings is 1. The van der Waals surface area contributed by atoms with E-state index >= 15 is 0 Å². The summed E-state index contributed by atoms with van der Waals surface area (Å²) in [4.78, 5) is 16.7. The molecule has 1 N–H and O–H groups in total. The summed E-state index contributed by atoms with van der Waals surface area (Å²) in [5, 5.41) is 2.98. The number of halogens is 2. The second-order valence-electron chi connectivity index (χ2n) is 5.64. The standard InChI is InChI=1S/C18H17F2N3OS/c1-11-6-5-8-13(12(11)2)21-16(24)10-23-15-9-4-3-7-14(15)22-18(23)25-17(19)20/h3-9,17H,10H2,1-2H3,(H,21,24). The van der Waals surface area contributed by atoms with Gasteiger partial charge in [0.2, 0.25) is 5.91 Å². The van der Waals surface area contributed by atoms with Crippen molar-refractivity contribution < 1.29 is 13.6 Å². The number of thioether (sulfide) groups is 1. The molecular weight excluding hydrogens is 344 g/mol. The number of carbonyl (C=O) groups is 1. The third-order valence-electron chi connectivity index (χ3n) is 3.99. The lowest BCUT2D eigenvalue weighted by atomic mass is 10.1. The number of rotatable bonds is 5. The van der Waals surface area contributed by atoms with Crippen molar-refractivity contribution in [3.05, 3.63) is 53.6 Å². The largest absolute Gasteiger partial charge is 0.324 e. The highest BCUT2D eigenvalue weighted by Crippen LogP contribution is 2.28. The van der Waals surface area contributed by atoms with E-state index < -0.39 is 5.76 Å². The molecule has 0 aliphatic carbocycles. The van der Waals surface area contributed by atoms with E-state index in [2.05, 4.69) is 10.3 Å². The van der Waals surface area contributed by atoms with Crippen molar-refractivity contribution >= 4 is 34.4 Å². The van der Waals surface area contributed by atoms with E-state index in [-0.39, 0.29) is 17.6 Å². The molecule has 0 saturated heterocycles. The molecule has 0 spiro atoms. The maximum absolute atomic E-state index is 12.8. The Bertz CT molecular complexity index is 924. The molecule has 25 heavy (non-hydrogen) atoms. The van der Waals surface area contributed by atoms with Gasteiger partial charge in [-0.2, -0.15) is 8.78 Å². The number of hydrogen-bond donors (Lipinski definition) is 1. The monoisotopic (exact) mass is 361 g/mol. The van der Waals surface area contributed by atoms with E-state index in [4.69, 9.17) is 0 Å². The predicted molar refractivity (Wildman–Crippen MR) is 96.1 cm³/mol. The zero-order chi connectivity index (χ0) is 18.0. The zero-order valence-corrected chi connectivity index (χ0v) is 14.6. The Morgan fingerprint density at radius 1 is 1.20 bits per heavy atom. The Labute approximate surface area is 148 Å². The Balaban J connectivity index is 1.88. The van der Waals surface area contributed by atoms with Gasteiger partial charge in [0.05, 0.1) is 11.0 Å². The summed E-state index contributed by atoms with van der Waals surface area (Å²) in [6, 6.07) is 12.7. The van der Waals surface area contributed by atoms with Crippen molar-refractivity contribution in [2.24, 2.45) is 0 Å². The Morgan fingerprint density at radius 2 is 1.96 bits per heavy atom. The van der Waals surface area contributed by atoms with Crippen LogP contribution in [0.15, 0.2) is 47.6 Å². The number of anilines is 1. The molecule has 3 aromatic rings. The SMILES string of the molecule is Cc1cccc(NC(=O)Cn2c(SC(F)F)nc3ccccc32)c1C. The van der Waals surface area contributed by atoms with Gasteiger partial charge in [-0.25, -0.2) is 4.98 Å². The Hall–Kier alpha value is -2.41. The third kappa shape index (κ3) is 3.82. The van der Waals surface area contributed by atoms with Gasteiger partial charge in [0.25, 0.3) is 5.76 Å². The summed E-state index contributed by atoms with van der Waals surface area (Å²) >= 11 is 0.343. The van der Waals surface area contributed by atoms with Crippen LogP contribution in [-0.4, -0.2) is 21.2 Å². The van der Waals surface area contributed by atoms with Crippen molar-refractivity contribution in [1.29, 1.82) is 0 Å². The molecule has 0 aliphatic rings. The maximum atomic E-state index is 12.8. The van der Waals surface area contributed by atoms with Crippen LogP contribution in [0.4, 0.5) is 14.5 Å². The average molecular weight is 361 g/mol. The number of hydrogen-bond acceptors (Lipinski definition) is 3. The quantitative estimate of drug-likeness (QED) is 0.675. The topological polar surface area (TPSA) is 46.9 Å². The van der Waals surface area contributed by atoms with Crippen molar-refractivity contribution in [3.63, 3.8) is 0 Å². The van der Waals surface area contributed by atoms with Gasteiger partial charge in [-0.05, 0) is 54.9 Å². The molecular formula is C18H17F2N3OS. The lowest BCUT2D eigenvalue weighted by Gasteiger charge is -2.12. The number of para-hydroxylation sites is 2. The molecule has 0 bridgehead atoms. The van der Waals surface area contributed by atoms with Crippen LogP contribution < -0.4 is 5.32 Å². The van der Waals surface area contributed by atoms with Crippen LogP contribution in [0.2, 0.25) is 0 Å². The lowest BCUT2D eigenvalue weighted by molar-refractivity contribution is -0.116. The molecule has 1 aromatic heterocycles. The number of fused-ring (bicyclic) bond motifs is 1. The lowest BCUT2D eigenvalue weighted by Crippen LogP contribution is -2.20. The van der Waals surface area contributed by atoms with Crippen LogP contribution in [-0.2, 0) is 11.3 Å². The number of carbonyl (C=O) groups excluding carboxylic acids is 1. The van der Waals surface area contributed by atoms with E-state index in [1.54, 1.807) is 24.3 Å². The summed E-state index contributed by atoms with van der Waals surface area (Å²) in [6.45, 7) is 3.81. The summed E-state index contributed by atoms with van der Waals surface area (Å²) in [5.41, 5.74) is 4.01. The van der Waals surface area contributed by atoms with E-state index in [1.807, 2.05) is 32.0 Å². The van der Waals surface area contributed by atoms with Crippen molar-refractivity contribution in [2.45, 2.75) is 31.3 Å². The Kier molecular flexibility index (Phi) is 5.03. The molecule has 1 heterocycles. The Morgan fingerprint density at radius 3 is 2.72 bits per heavy atom. The number of aryl methyl sites for hydroxylation is 1. The molecule has 1 amide bonds. The summed E-state index contributed by atoms with van der Waals surface area (Å²) < 4.78 is 27.2. The molecule has 4 nitrogen and oxygen atoms in total. The fourth-order valence-corrected chi connectivity index (χ4v) is 3.20. The van der Waals surface area contributed by atoms with Crippen LogP contribution >= 0.6 is 11.8 Å². The number of benzene rings is 2. The first-order valence-corrected chi connectivity index (χ1v) is 8.60. The highest BCUT2D eigenvalue weighted by molar-refractivity contribution is 7.99. The van der Waals surface area contributed by atoms with Gasteiger partial charge in [0, 0.05) is 5.69 Å². The molecule has 0 radical (unpaired) electrons.